The zero-order chi connectivity index (χ0) is 22.0. The molecule has 0 unspecified atom stereocenters. The van der Waals surface area contributed by atoms with Crippen molar-refractivity contribution < 1.29 is 9.53 Å². The fourth-order valence-electron chi connectivity index (χ4n) is 9.38. The van der Waals surface area contributed by atoms with Crippen molar-refractivity contribution in [2.45, 2.75) is 105 Å². The molecule has 8 atom stereocenters. The Balaban J connectivity index is 1.34. The second-order valence-corrected chi connectivity index (χ2v) is 12.9. The van der Waals surface area contributed by atoms with Crippen LogP contribution in [0.25, 0.3) is 0 Å². The Morgan fingerprint density at radius 1 is 1.03 bits per heavy atom. The van der Waals surface area contributed by atoms with Crippen LogP contribution in [-0.2, 0) is 12.8 Å². The van der Waals surface area contributed by atoms with Gasteiger partial charge in [0.05, 0.1) is 0 Å². The smallest absolute Gasteiger partial charge is 0.221 e. The van der Waals surface area contributed by atoms with Gasteiger partial charge in [0.25, 0.3) is 0 Å². The summed E-state index contributed by atoms with van der Waals surface area (Å²) in [6.45, 7) is 12.5. The van der Waals surface area contributed by atoms with Gasteiger partial charge in [0.1, 0.15) is 0 Å². The predicted octanol–water partition coefficient (Wildman–Crippen LogP) is 6.34. The first-order valence-electron chi connectivity index (χ1n) is 13.3. The van der Waals surface area contributed by atoms with Gasteiger partial charge in [0.15, 0.2) is 5.69 Å². The fourth-order valence-corrected chi connectivity index (χ4v) is 9.38. The quantitative estimate of drug-likeness (QED) is 0.514. The summed E-state index contributed by atoms with van der Waals surface area (Å²) in [5.74, 6) is 5.80. The maximum atomic E-state index is 12.2. The maximum absolute atomic E-state index is 12.2. The van der Waals surface area contributed by atoms with Crippen LogP contribution in [0, 0.1) is 57.5 Å². The highest BCUT2D eigenvalue weighted by molar-refractivity contribution is 5.19. The topological polar surface area (TPSA) is 53.0 Å². The normalized spacial score (nSPS) is 42.6. The van der Waals surface area contributed by atoms with Gasteiger partial charge in [-0.1, -0.05) is 53.9 Å². The summed E-state index contributed by atoms with van der Waals surface area (Å²) >= 11 is 0. The van der Waals surface area contributed by atoms with Gasteiger partial charge < -0.3 is 5.21 Å². The standard InChI is InChI=1S/C27H44N2O2/c1-17(2)7-6-8-18(3)21-11-12-22-20-10-9-19-15-24-25(29(30)31-28-24)16-27(19,5)23(20)13-14-26(21,22)4/h17-23H,6-16H2,1-5H3/t18-,19+,20-,21+,22-,23-,26-,27+/m1/s1. The minimum absolute atomic E-state index is 0.246. The highest BCUT2D eigenvalue weighted by atomic mass is 16.8. The molecule has 3 fully saturated rings. The summed E-state index contributed by atoms with van der Waals surface area (Å²) in [5.41, 5.74) is 2.55. The molecule has 4 aliphatic rings. The molecule has 0 aromatic carbocycles. The monoisotopic (exact) mass is 428 g/mol. The summed E-state index contributed by atoms with van der Waals surface area (Å²) in [6, 6.07) is 0. The van der Waals surface area contributed by atoms with Crippen LogP contribution < -0.4 is 4.90 Å². The summed E-state index contributed by atoms with van der Waals surface area (Å²) in [4.78, 5) is 0.706. The number of rotatable bonds is 5. The summed E-state index contributed by atoms with van der Waals surface area (Å²) in [6.07, 6.45) is 14.4. The van der Waals surface area contributed by atoms with E-state index in [1.165, 1.54) is 57.8 Å². The van der Waals surface area contributed by atoms with Crippen molar-refractivity contribution in [1.82, 2.24) is 5.16 Å². The van der Waals surface area contributed by atoms with Crippen molar-refractivity contribution in [1.29, 1.82) is 0 Å². The number of hydrogen-bond acceptors (Lipinski definition) is 3. The Morgan fingerprint density at radius 2 is 1.81 bits per heavy atom. The number of aromatic nitrogens is 2. The van der Waals surface area contributed by atoms with Crippen LogP contribution in [0.4, 0.5) is 0 Å². The third-order valence-corrected chi connectivity index (χ3v) is 11.0. The second-order valence-electron chi connectivity index (χ2n) is 12.9. The first-order valence-corrected chi connectivity index (χ1v) is 13.3. The van der Waals surface area contributed by atoms with Crippen molar-refractivity contribution in [3.8, 4) is 0 Å². The molecule has 4 nitrogen and oxygen atoms in total. The van der Waals surface area contributed by atoms with Crippen molar-refractivity contribution in [2.75, 3.05) is 0 Å². The van der Waals surface area contributed by atoms with Crippen LogP contribution in [-0.4, -0.2) is 5.16 Å². The van der Waals surface area contributed by atoms with Gasteiger partial charge in [0.2, 0.25) is 5.69 Å². The highest BCUT2D eigenvalue weighted by Gasteiger charge is 2.61. The molecular weight excluding hydrogens is 384 g/mol. The fraction of sp³-hybridized carbons (Fsp3) is 0.926. The molecule has 3 saturated carbocycles. The van der Waals surface area contributed by atoms with E-state index in [4.69, 9.17) is 4.63 Å². The number of nitrogens with zero attached hydrogens (tertiary/aromatic N) is 2. The number of hydrogen-bond donors (Lipinski definition) is 0. The Kier molecular flexibility index (Phi) is 5.45. The molecule has 0 amide bonds. The van der Waals surface area contributed by atoms with E-state index < -0.39 is 0 Å². The molecule has 4 aliphatic carbocycles. The highest BCUT2D eigenvalue weighted by Crippen LogP contribution is 2.67. The predicted molar refractivity (Wildman–Crippen MR) is 122 cm³/mol. The molecule has 0 radical (unpaired) electrons. The van der Waals surface area contributed by atoms with Crippen LogP contribution in [0.5, 0.6) is 0 Å². The lowest BCUT2D eigenvalue weighted by molar-refractivity contribution is -0.808. The summed E-state index contributed by atoms with van der Waals surface area (Å²) < 4.78 is 4.99. The molecular formula is C27H44N2O2. The van der Waals surface area contributed by atoms with Gasteiger partial charge in [-0.3, -0.25) is 4.63 Å². The van der Waals surface area contributed by atoms with E-state index in [-0.39, 0.29) is 5.41 Å². The van der Waals surface area contributed by atoms with Crippen molar-refractivity contribution in [2.24, 2.45) is 52.3 Å². The lowest BCUT2D eigenvalue weighted by Gasteiger charge is -2.60. The van der Waals surface area contributed by atoms with Gasteiger partial charge in [-0.25, -0.2) is 0 Å². The molecule has 0 bridgehead atoms. The van der Waals surface area contributed by atoms with E-state index in [0.717, 1.165) is 59.7 Å². The van der Waals surface area contributed by atoms with E-state index in [1.54, 1.807) is 0 Å². The van der Waals surface area contributed by atoms with Crippen LogP contribution in [0.2, 0.25) is 0 Å². The van der Waals surface area contributed by atoms with Gasteiger partial charge in [0, 0.05) is 18.0 Å². The third kappa shape index (κ3) is 3.37. The van der Waals surface area contributed by atoms with Gasteiger partial charge >= 0.3 is 0 Å². The van der Waals surface area contributed by atoms with E-state index in [1.807, 2.05) is 0 Å². The lowest BCUT2D eigenvalue weighted by Crippen LogP contribution is -2.55. The van der Waals surface area contributed by atoms with Crippen LogP contribution >= 0.6 is 0 Å². The Hall–Kier alpha value is -1.06. The average Bonchev–Trinajstić information content (AvgIpc) is 3.25. The minimum atomic E-state index is 0.246. The van der Waals surface area contributed by atoms with Crippen LogP contribution in [0.1, 0.15) is 104 Å². The largest absolute Gasteiger partial charge is 0.359 e. The summed E-state index contributed by atoms with van der Waals surface area (Å²) in [7, 11) is 0. The van der Waals surface area contributed by atoms with E-state index in [9.17, 15) is 5.21 Å². The van der Waals surface area contributed by atoms with Crippen LogP contribution in [0.3, 0.4) is 0 Å². The van der Waals surface area contributed by atoms with E-state index in [2.05, 4.69) is 39.8 Å². The molecule has 0 spiro atoms. The van der Waals surface area contributed by atoms with Crippen molar-refractivity contribution in [3.63, 3.8) is 0 Å². The van der Waals surface area contributed by atoms with E-state index >= 15 is 0 Å². The SMILES string of the molecule is CC(C)CCC[C@@H](C)[C@@H]1CC[C@@H]2[C@H]3CC[C@H]4Cc5no[n+]([O-])c5C[C@]4(C)[C@@H]3CC[C@@]21C. The Morgan fingerprint density at radius 3 is 2.58 bits per heavy atom. The molecule has 174 valence electrons. The molecule has 1 aromatic heterocycles. The van der Waals surface area contributed by atoms with Crippen molar-refractivity contribution in [3.05, 3.63) is 16.6 Å². The maximum Gasteiger partial charge on any atom is 0.221 e. The average molecular weight is 429 g/mol. The first-order chi connectivity index (χ1) is 14.7. The third-order valence-electron chi connectivity index (χ3n) is 11.0. The molecule has 0 N–H and O–H groups in total. The zero-order valence-electron chi connectivity index (χ0n) is 20.5. The molecule has 0 saturated heterocycles. The summed E-state index contributed by atoms with van der Waals surface area (Å²) in [5, 5.41) is 16.3. The van der Waals surface area contributed by atoms with Gasteiger partial charge in [-0.05, 0) is 95.7 Å². The first kappa shape index (κ1) is 21.8. The molecule has 1 heterocycles. The molecule has 31 heavy (non-hydrogen) atoms. The minimum Gasteiger partial charge on any atom is -0.359 e. The zero-order valence-corrected chi connectivity index (χ0v) is 20.5. The molecule has 1 aromatic rings. The molecule has 4 heteroatoms. The van der Waals surface area contributed by atoms with Gasteiger partial charge in [-0.2, -0.15) is 0 Å². The Labute approximate surface area is 189 Å². The second kappa shape index (κ2) is 7.76. The van der Waals surface area contributed by atoms with Crippen molar-refractivity contribution >= 4 is 0 Å². The Bertz CT molecular complexity index is 803. The lowest BCUT2D eigenvalue weighted by atomic mass is 9.44. The van der Waals surface area contributed by atoms with E-state index in [0.29, 0.717) is 16.2 Å². The van der Waals surface area contributed by atoms with Crippen LogP contribution in [0.15, 0.2) is 4.63 Å². The van der Waals surface area contributed by atoms with Gasteiger partial charge in [-0.15, -0.1) is 0 Å². The molecule has 0 aliphatic heterocycles. The number of fused-ring (bicyclic) bond motifs is 6. The molecule has 5 rings (SSSR count).